The smallest absolute Gasteiger partial charge is 0.244 e. The van der Waals surface area contributed by atoms with Crippen LogP contribution in [-0.4, -0.2) is 30.1 Å². The van der Waals surface area contributed by atoms with Crippen LogP contribution in [0.15, 0.2) is 71.1 Å². The first-order valence-corrected chi connectivity index (χ1v) is 11.4. The molecule has 2 aromatic rings. The fourth-order valence-corrected chi connectivity index (χ4v) is 5.41. The summed E-state index contributed by atoms with van der Waals surface area (Å²) < 4.78 is 27.9. The van der Waals surface area contributed by atoms with Crippen LogP contribution in [0.25, 0.3) is 0 Å². The van der Waals surface area contributed by atoms with Crippen molar-refractivity contribution in [2.24, 2.45) is 0 Å². The molecular formula is C20H20ClNO3S2. The van der Waals surface area contributed by atoms with Gasteiger partial charge in [0.25, 0.3) is 0 Å². The van der Waals surface area contributed by atoms with Gasteiger partial charge in [-0.1, -0.05) is 66.7 Å². The van der Waals surface area contributed by atoms with E-state index in [2.05, 4.69) is 0 Å². The van der Waals surface area contributed by atoms with Crippen LogP contribution in [0.1, 0.15) is 24.9 Å². The molecule has 0 N–H and O–H groups in total. The Morgan fingerprint density at radius 2 is 1.81 bits per heavy atom. The Bertz CT molecular complexity index is 941. The average Bonchev–Trinajstić information content (AvgIpc) is 3.13. The maximum Gasteiger partial charge on any atom is 0.244 e. The maximum absolute atomic E-state index is 13.2. The fourth-order valence-electron chi connectivity index (χ4n) is 2.99. The van der Waals surface area contributed by atoms with Crippen LogP contribution >= 0.6 is 23.4 Å². The number of hydrogen-bond acceptors (Lipinski definition) is 4. The normalized spacial score (nSPS) is 17.7. The molecule has 2 aromatic carbocycles. The van der Waals surface area contributed by atoms with E-state index >= 15 is 0 Å². The van der Waals surface area contributed by atoms with Crippen molar-refractivity contribution in [2.75, 3.05) is 12.3 Å². The topological polar surface area (TPSA) is 54.5 Å². The zero-order valence-corrected chi connectivity index (χ0v) is 17.2. The molecule has 1 aliphatic rings. The van der Waals surface area contributed by atoms with E-state index in [1.54, 1.807) is 18.2 Å². The second-order valence-electron chi connectivity index (χ2n) is 6.14. The molecule has 0 aromatic heterocycles. The summed E-state index contributed by atoms with van der Waals surface area (Å²) >= 11 is 7.13. The summed E-state index contributed by atoms with van der Waals surface area (Å²) in [6, 6.07) is 14.7. The van der Waals surface area contributed by atoms with Crippen molar-refractivity contribution in [2.45, 2.75) is 24.3 Å². The van der Waals surface area contributed by atoms with E-state index in [0.717, 1.165) is 12.0 Å². The van der Waals surface area contributed by atoms with E-state index in [-0.39, 0.29) is 16.6 Å². The predicted octanol–water partition coefficient (Wildman–Crippen LogP) is 4.68. The number of benzene rings is 2. The van der Waals surface area contributed by atoms with Crippen molar-refractivity contribution < 1.29 is 13.2 Å². The first kappa shape index (κ1) is 20.1. The van der Waals surface area contributed by atoms with Crippen molar-refractivity contribution in [3.05, 3.63) is 76.8 Å². The number of nitrogens with zero attached hydrogens (tertiary/aromatic N) is 1. The van der Waals surface area contributed by atoms with Crippen molar-refractivity contribution in [1.29, 1.82) is 0 Å². The minimum atomic E-state index is -3.78. The molecule has 0 saturated heterocycles. The third-order valence-corrected chi connectivity index (χ3v) is 7.49. The summed E-state index contributed by atoms with van der Waals surface area (Å²) in [5.41, 5.74) is 1.31. The highest BCUT2D eigenvalue weighted by Gasteiger charge is 2.40. The molecule has 7 heteroatoms. The molecule has 4 nitrogen and oxygen atoms in total. The Kier molecular flexibility index (Phi) is 6.42. The van der Waals surface area contributed by atoms with Gasteiger partial charge in [0.1, 0.15) is 0 Å². The van der Waals surface area contributed by atoms with Crippen molar-refractivity contribution in [3.8, 4) is 0 Å². The zero-order valence-electron chi connectivity index (χ0n) is 14.8. The van der Waals surface area contributed by atoms with Crippen molar-refractivity contribution in [1.82, 2.24) is 4.31 Å². The van der Waals surface area contributed by atoms with Gasteiger partial charge in [-0.05, 0) is 36.2 Å². The van der Waals surface area contributed by atoms with Gasteiger partial charge >= 0.3 is 0 Å². The lowest BCUT2D eigenvalue weighted by Crippen LogP contribution is -2.33. The SMILES string of the molecule is CCCSC(=O)C1=CCN(S(=O)(=O)c2ccc(Cl)cc2)C1c1ccccc1. The molecule has 1 aliphatic heterocycles. The predicted molar refractivity (Wildman–Crippen MR) is 110 cm³/mol. The standard InChI is InChI=1S/C20H20ClNO3S2/c1-2-14-26-20(23)18-12-13-22(19(18)15-6-4-3-5-7-15)27(24,25)17-10-8-16(21)9-11-17/h3-12,19H,2,13-14H2,1H3. The molecule has 1 atom stereocenters. The lowest BCUT2D eigenvalue weighted by atomic mass is 10.0. The van der Waals surface area contributed by atoms with Gasteiger partial charge in [-0.3, -0.25) is 4.79 Å². The van der Waals surface area contributed by atoms with Gasteiger partial charge in [0.15, 0.2) is 0 Å². The highest BCUT2D eigenvalue weighted by atomic mass is 35.5. The number of thioether (sulfide) groups is 1. The number of carbonyl (C=O) groups is 1. The van der Waals surface area contributed by atoms with Crippen LogP contribution < -0.4 is 0 Å². The minimum absolute atomic E-state index is 0.0699. The largest absolute Gasteiger partial charge is 0.282 e. The Morgan fingerprint density at radius 3 is 2.44 bits per heavy atom. The molecular weight excluding hydrogens is 402 g/mol. The summed E-state index contributed by atoms with van der Waals surface area (Å²) in [7, 11) is -3.78. The summed E-state index contributed by atoms with van der Waals surface area (Å²) in [5.74, 6) is 0.710. The lowest BCUT2D eigenvalue weighted by Gasteiger charge is -2.26. The molecule has 3 rings (SSSR count). The molecule has 0 fully saturated rings. The number of sulfonamides is 1. The van der Waals surface area contributed by atoms with E-state index in [1.807, 2.05) is 37.3 Å². The molecule has 0 amide bonds. The van der Waals surface area contributed by atoms with Gasteiger partial charge < -0.3 is 0 Å². The van der Waals surface area contributed by atoms with Crippen LogP contribution in [0.2, 0.25) is 5.02 Å². The molecule has 0 aliphatic carbocycles. The fraction of sp³-hybridized carbons (Fsp3) is 0.250. The lowest BCUT2D eigenvalue weighted by molar-refractivity contribution is -0.108. The molecule has 142 valence electrons. The highest BCUT2D eigenvalue weighted by Crippen LogP contribution is 2.39. The highest BCUT2D eigenvalue weighted by molar-refractivity contribution is 8.14. The summed E-state index contributed by atoms with van der Waals surface area (Å²) in [5, 5.41) is 0.402. The number of halogens is 1. The molecule has 0 radical (unpaired) electrons. The first-order valence-electron chi connectivity index (χ1n) is 8.64. The third kappa shape index (κ3) is 4.29. The van der Waals surface area contributed by atoms with Gasteiger partial charge in [-0.25, -0.2) is 8.42 Å². The van der Waals surface area contributed by atoms with E-state index in [0.29, 0.717) is 16.3 Å². The third-order valence-electron chi connectivity index (χ3n) is 4.28. The van der Waals surface area contributed by atoms with Gasteiger partial charge in [0, 0.05) is 22.9 Å². The van der Waals surface area contributed by atoms with E-state index in [4.69, 9.17) is 11.6 Å². The molecule has 1 heterocycles. The monoisotopic (exact) mass is 421 g/mol. The van der Waals surface area contributed by atoms with Gasteiger partial charge in [-0.2, -0.15) is 4.31 Å². The Balaban J connectivity index is 2.00. The minimum Gasteiger partial charge on any atom is -0.282 e. The first-order chi connectivity index (χ1) is 12.9. The quantitative estimate of drug-likeness (QED) is 0.679. The van der Waals surface area contributed by atoms with Gasteiger partial charge in [0.05, 0.1) is 10.9 Å². The van der Waals surface area contributed by atoms with Crippen LogP contribution in [0, 0.1) is 0 Å². The summed E-state index contributed by atoms with van der Waals surface area (Å²) in [4.78, 5) is 12.9. The Hall–Kier alpha value is -1.60. The molecule has 27 heavy (non-hydrogen) atoms. The van der Waals surface area contributed by atoms with Crippen LogP contribution in [0.3, 0.4) is 0 Å². The van der Waals surface area contributed by atoms with Crippen molar-refractivity contribution >= 4 is 38.5 Å². The van der Waals surface area contributed by atoms with E-state index < -0.39 is 16.1 Å². The maximum atomic E-state index is 13.2. The zero-order chi connectivity index (χ0) is 19.4. The average molecular weight is 422 g/mol. The molecule has 0 saturated carbocycles. The molecule has 0 spiro atoms. The summed E-state index contributed by atoms with van der Waals surface area (Å²) in [6.45, 7) is 2.17. The van der Waals surface area contributed by atoms with Crippen molar-refractivity contribution in [3.63, 3.8) is 0 Å². The van der Waals surface area contributed by atoms with Crippen LogP contribution in [0.5, 0.6) is 0 Å². The van der Waals surface area contributed by atoms with E-state index in [1.165, 1.54) is 28.2 Å². The second kappa shape index (κ2) is 8.61. The Labute approximate surface area is 169 Å². The van der Waals surface area contributed by atoms with Gasteiger partial charge in [-0.15, -0.1) is 0 Å². The number of hydrogen-bond donors (Lipinski definition) is 0. The van der Waals surface area contributed by atoms with E-state index in [9.17, 15) is 13.2 Å². The second-order valence-corrected chi connectivity index (χ2v) is 9.53. The summed E-state index contributed by atoms with van der Waals surface area (Å²) in [6.07, 6.45) is 2.61. The number of carbonyl (C=O) groups excluding carboxylic acids is 1. The van der Waals surface area contributed by atoms with Crippen LogP contribution in [0.4, 0.5) is 0 Å². The Morgan fingerprint density at radius 1 is 1.15 bits per heavy atom. The molecule has 0 bridgehead atoms. The van der Waals surface area contributed by atoms with Crippen LogP contribution in [-0.2, 0) is 14.8 Å². The molecule has 1 unspecified atom stereocenters. The van der Waals surface area contributed by atoms with Gasteiger partial charge in [0.2, 0.25) is 15.1 Å². The number of rotatable bonds is 6.